The Hall–Kier alpha value is -0.640. The summed E-state index contributed by atoms with van der Waals surface area (Å²) in [4.78, 5) is 0. The number of unbranched alkanes of at least 4 members (excludes halogenated alkanes) is 3. The maximum atomic E-state index is 9.24. The predicted molar refractivity (Wildman–Crippen MR) is 69.2 cm³/mol. The number of ether oxygens (including phenoxy) is 1. The van der Waals surface area contributed by atoms with Gasteiger partial charge in [-0.15, -0.1) is 0 Å². The number of aromatic hydroxyl groups is 1. The molecule has 0 aliphatic heterocycles. The minimum atomic E-state index is 0.0234. The Morgan fingerprint density at radius 3 is 2.18 bits per heavy atom. The molecule has 0 saturated carbocycles. The van der Waals surface area contributed by atoms with Gasteiger partial charge in [-0.05, 0) is 19.3 Å². The molecule has 0 saturated heterocycles. The Labute approximate surface area is 111 Å². The van der Waals surface area contributed by atoms with Gasteiger partial charge in [-0.1, -0.05) is 29.6 Å². The molecule has 0 aliphatic carbocycles. The molecule has 0 bridgehead atoms. The van der Waals surface area contributed by atoms with Crippen LogP contribution in [0.1, 0.15) is 25.7 Å². The lowest BCUT2D eigenvalue weighted by Crippen LogP contribution is -1.98. The van der Waals surface area contributed by atoms with Crippen LogP contribution in [0.15, 0.2) is 12.1 Å². The number of rotatable bonds is 7. The Kier molecular flexibility index (Phi) is 6.48. The van der Waals surface area contributed by atoms with E-state index in [1.807, 2.05) is 0 Å². The van der Waals surface area contributed by atoms with Crippen LogP contribution in [0, 0.1) is 0 Å². The molecule has 0 unspecified atom stereocenters. The van der Waals surface area contributed by atoms with Crippen LogP contribution in [-0.4, -0.2) is 23.4 Å². The fraction of sp³-hybridized carbons (Fsp3) is 0.500. The summed E-state index contributed by atoms with van der Waals surface area (Å²) in [7, 11) is 0. The maximum absolute atomic E-state index is 9.24. The number of phenols is 1. The molecule has 1 aromatic rings. The Morgan fingerprint density at radius 2 is 1.59 bits per heavy atom. The summed E-state index contributed by atoms with van der Waals surface area (Å²) < 4.78 is 5.47. The molecule has 0 amide bonds. The molecule has 0 aromatic heterocycles. The summed E-state index contributed by atoms with van der Waals surface area (Å²) in [5.41, 5.74) is 0. The first-order chi connectivity index (χ1) is 8.15. The highest BCUT2D eigenvalue weighted by molar-refractivity contribution is 6.37. The van der Waals surface area contributed by atoms with Crippen LogP contribution in [-0.2, 0) is 0 Å². The van der Waals surface area contributed by atoms with Gasteiger partial charge in [-0.3, -0.25) is 0 Å². The van der Waals surface area contributed by atoms with E-state index >= 15 is 0 Å². The van der Waals surface area contributed by atoms with Gasteiger partial charge >= 0.3 is 0 Å². The molecule has 0 radical (unpaired) electrons. The predicted octanol–water partition coefficient (Wildman–Crippen LogP) is 3.63. The molecular formula is C12H16Cl2O3. The largest absolute Gasteiger partial charge is 0.508 e. The van der Waals surface area contributed by atoms with Crippen molar-refractivity contribution in [3.8, 4) is 11.5 Å². The third-order valence-corrected chi connectivity index (χ3v) is 2.84. The molecule has 1 rings (SSSR count). The molecule has 96 valence electrons. The van der Waals surface area contributed by atoms with E-state index in [-0.39, 0.29) is 12.4 Å². The highest BCUT2D eigenvalue weighted by Gasteiger charge is 2.09. The van der Waals surface area contributed by atoms with E-state index in [1.165, 1.54) is 12.1 Å². The summed E-state index contributed by atoms with van der Waals surface area (Å²) in [6.45, 7) is 0.756. The molecule has 0 fully saturated rings. The zero-order valence-corrected chi connectivity index (χ0v) is 11.0. The maximum Gasteiger partial charge on any atom is 0.156 e. The third-order valence-electron chi connectivity index (χ3n) is 2.28. The third kappa shape index (κ3) is 5.02. The minimum absolute atomic E-state index is 0.0234. The van der Waals surface area contributed by atoms with Crippen molar-refractivity contribution in [3.63, 3.8) is 0 Å². The zero-order valence-electron chi connectivity index (χ0n) is 9.46. The number of hydrogen-bond acceptors (Lipinski definition) is 3. The van der Waals surface area contributed by atoms with Crippen LogP contribution >= 0.6 is 23.2 Å². The van der Waals surface area contributed by atoms with E-state index in [0.29, 0.717) is 22.4 Å². The standard InChI is InChI=1S/C12H16Cl2O3/c13-10-7-9(16)8-11(14)12(10)17-6-4-2-1-3-5-15/h7-8,15-16H,1-6H2. The quantitative estimate of drug-likeness (QED) is 0.749. The second-order valence-corrected chi connectivity index (χ2v) is 4.54. The fourth-order valence-electron chi connectivity index (χ4n) is 1.43. The van der Waals surface area contributed by atoms with Crippen molar-refractivity contribution in [2.45, 2.75) is 25.7 Å². The van der Waals surface area contributed by atoms with Crippen molar-refractivity contribution in [2.24, 2.45) is 0 Å². The first kappa shape index (κ1) is 14.4. The van der Waals surface area contributed by atoms with Crippen molar-refractivity contribution in [3.05, 3.63) is 22.2 Å². The van der Waals surface area contributed by atoms with Crippen molar-refractivity contribution >= 4 is 23.2 Å². The van der Waals surface area contributed by atoms with Crippen molar-refractivity contribution in [2.75, 3.05) is 13.2 Å². The molecule has 1 aromatic carbocycles. The first-order valence-corrected chi connectivity index (χ1v) is 6.32. The van der Waals surface area contributed by atoms with E-state index in [0.717, 1.165) is 25.7 Å². The highest BCUT2D eigenvalue weighted by Crippen LogP contribution is 2.36. The van der Waals surface area contributed by atoms with Crippen molar-refractivity contribution < 1.29 is 14.9 Å². The molecule has 0 atom stereocenters. The van der Waals surface area contributed by atoms with Crippen LogP contribution in [0.4, 0.5) is 0 Å². The van der Waals surface area contributed by atoms with Gasteiger partial charge in [0.05, 0.1) is 16.7 Å². The molecule has 3 nitrogen and oxygen atoms in total. The van der Waals surface area contributed by atoms with Crippen LogP contribution in [0.5, 0.6) is 11.5 Å². The van der Waals surface area contributed by atoms with E-state index in [2.05, 4.69) is 0 Å². The van der Waals surface area contributed by atoms with Crippen LogP contribution < -0.4 is 4.74 Å². The van der Waals surface area contributed by atoms with Gasteiger partial charge < -0.3 is 14.9 Å². The van der Waals surface area contributed by atoms with Gasteiger partial charge in [-0.2, -0.15) is 0 Å². The van der Waals surface area contributed by atoms with Crippen LogP contribution in [0.25, 0.3) is 0 Å². The van der Waals surface area contributed by atoms with Gasteiger partial charge in [0.25, 0.3) is 0 Å². The van der Waals surface area contributed by atoms with Crippen LogP contribution in [0.3, 0.4) is 0 Å². The zero-order chi connectivity index (χ0) is 12.7. The van der Waals surface area contributed by atoms with E-state index in [4.69, 9.17) is 33.0 Å². The second kappa shape index (κ2) is 7.64. The number of aliphatic hydroxyl groups is 1. The molecule has 2 N–H and O–H groups in total. The topological polar surface area (TPSA) is 49.7 Å². The van der Waals surface area contributed by atoms with Gasteiger partial charge in [0.2, 0.25) is 0 Å². The van der Waals surface area contributed by atoms with Crippen molar-refractivity contribution in [1.82, 2.24) is 0 Å². The normalized spacial score (nSPS) is 10.5. The summed E-state index contributed by atoms with van der Waals surface area (Å²) in [5, 5.41) is 18.5. The second-order valence-electron chi connectivity index (χ2n) is 3.72. The number of halogens is 2. The van der Waals surface area contributed by atoms with Crippen molar-refractivity contribution in [1.29, 1.82) is 0 Å². The summed E-state index contributed by atoms with van der Waals surface area (Å²) >= 11 is 11.8. The average molecular weight is 279 g/mol. The molecule has 0 heterocycles. The first-order valence-electron chi connectivity index (χ1n) is 5.57. The lowest BCUT2D eigenvalue weighted by Gasteiger charge is -2.10. The van der Waals surface area contributed by atoms with Gasteiger partial charge in [0, 0.05) is 18.7 Å². The monoisotopic (exact) mass is 278 g/mol. The van der Waals surface area contributed by atoms with Gasteiger partial charge in [0.15, 0.2) is 5.75 Å². The average Bonchev–Trinajstić information content (AvgIpc) is 2.26. The molecule has 0 spiro atoms. The SMILES string of the molecule is OCCCCCCOc1c(Cl)cc(O)cc1Cl. The Bertz CT molecular complexity index is 333. The number of benzene rings is 1. The highest BCUT2D eigenvalue weighted by atomic mass is 35.5. The fourth-order valence-corrected chi connectivity index (χ4v) is 2.01. The summed E-state index contributed by atoms with van der Waals surface area (Å²) in [6, 6.07) is 2.79. The molecule has 0 aliphatic rings. The van der Waals surface area contributed by atoms with Gasteiger partial charge in [0.1, 0.15) is 5.75 Å². The summed E-state index contributed by atoms with van der Waals surface area (Å²) in [6.07, 6.45) is 3.68. The van der Waals surface area contributed by atoms with E-state index < -0.39 is 0 Å². The number of aliphatic hydroxyl groups excluding tert-OH is 1. The number of hydrogen-bond donors (Lipinski definition) is 2. The molecule has 5 heteroatoms. The number of phenolic OH excluding ortho intramolecular Hbond substituents is 1. The smallest absolute Gasteiger partial charge is 0.156 e. The molecular weight excluding hydrogens is 263 g/mol. The Morgan fingerprint density at radius 1 is 1.00 bits per heavy atom. The van der Waals surface area contributed by atoms with Gasteiger partial charge in [-0.25, -0.2) is 0 Å². The lowest BCUT2D eigenvalue weighted by atomic mass is 10.2. The lowest BCUT2D eigenvalue weighted by molar-refractivity contribution is 0.273. The minimum Gasteiger partial charge on any atom is -0.508 e. The van der Waals surface area contributed by atoms with E-state index in [9.17, 15) is 5.11 Å². The summed E-state index contributed by atoms with van der Waals surface area (Å²) in [5.74, 6) is 0.434. The van der Waals surface area contributed by atoms with Crippen LogP contribution in [0.2, 0.25) is 10.0 Å². The van der Waals surface area contributed by atoms with E-state index in [1.54, 1.807) is 0 Å². The Balaban J connectivity index is 2.36. The molecule has 17 heavy (non-hydrogen) atoms.